The third-order valence-electron chi connectivity index (χ3n) is 2.39. The summed E-state index contributed by atoms with van der Waals surface area (Å²) in [5.41, 5.74) is 0.935. The van der Waals surface area contributed by atoms with Gasteiger partial charge < -0.3 is 9.84 Å². The van der Waals surface area contributed by atoms with Gasteiger partial charge in [0.05, 0.1) is 23.5 Å². The molecule has 0 amide bonds. The Morgan fingerprint density at radius 3 is 2.78 bits per heavy atom. The summed E-state index contributed by atoms with van der Waals surface area (Å²) < 4.78 is 18.9. The zero-order valence-electron chi connectivity index (χ0n) is 9.44. The summed E-state index contributed by atoms with van der Waals surface area (Å²) in [6.45, 7) is -0.0459. The molecular formula is C13H11ClFNO2. The zero-order chi connectivity index (χ0) is 13.0. The highest BCUT2D eigenvalue weighted by Gasteiger charge is 2.06. The molecule has 0 bridgehead atoms. The summed E-state index contributed by atoms with van der Waals surface area (Å²) in [6.07, 6.45) is 1.48. The van der Waals surface area contributed by atoms with Gasteiger partial charge in [0, 0.05) is 5.56 Å². The molecule has 1 aromatic heterocycles. The molecule has 2 aromatic rings. The molecule has 2 rings (SSSR count). The second-order valence-corrected chi connectivity index (χ2v) is 4.05. The van der Waals surface area contributed by atoms with Gasteiger partial charge >= 0.3 is 0 Å². The van der Waals surface area contributed by atoms with E-state index in [4.69, 9.17) is 21.4 Å². The quantitative estimate of drug-likeness (QED) is 0.926. The lowest BCUT2D eigenvalue weighted by Crippen LogP contribution is -1.99. The van der Waals surface area contributed by atoms with E-state index in [1.807, 2.05) is 0 Å². The van der Waals surface area contributed by atoms with E-state index in [1.165, 1.54) is 12.3 Å². The molecule has 0 radical (unpaired) electrons. The minimum Gasteiger partial charge on any atom is -0.487 e. The Hall–Kier alpha value is -1.65. The van der Waals surface area contributed by atoms with Gasteiger partial charge in [-0.25, -0.2) is 4.39 Å². The van der Waals surface area contributed by atoms with Gasteiger partial charge in [-0.05, 0) is 18.2 Å². The summed E-state index contributed by atoms with van der Waals surface area (Å²) in [6, 6.07) is 8.07. The number of rotatable bonds is 4. The van der Waals surface area contributed by atoms with Crippen LogP contribution in [0.3, 0.4) is 0 Å². The third kappa shape index (κ3) is 2.97. The third-order valence-corrected chi connectivity index (χ3v) is 2.68. The Bertz CT molecular complexity index is 531. The van der Waals surface area contributed by atoms with E-state index in [-0.39, 0.29) is 18.2 Å². The molecule has 18 heavy (non-hydrogen) atoms. The van der Waals surface area contributed by atoms with Crippen LogP contribution in [0.1, 0.15) is 11.3 Å². The van der Waals surface area contributed by atoms with Crippen LogP contribution < -0.4 is 4.74 Å². The number of ether oxygens (including phenoxy) is 1. The van der Waals surface area contributed by atoms with Gasteiger partial charge in [-0.15, -0.1) is 0 Å². The maximum Gasteiger partial charge on any atom is 0.148 e. The number of aliphatic hydroxyl groups is 1. The van der Waals surface area contributed by atoms with Crippen LogP contribution in [0.15, 0.2) is 36.5 Å². The van der Waals surface area contributed by atoms with Crippen LogP contribution in [0, 0.1) is 5.82 Å². The van der Waals surface area contributed by atoms with Crippen molar-refractivity contribution in [2.45, 2.75) is 13.2 Å². The van der Waals surface area contributed by atoms with Crippen molar-refractivity contribution in [3.8, 4) is 5.75 Å². The maximum absolute atomic E-state index is 13.6. The van der Waals surface area contributed by atoms with E-state index < -0.39 is 5.82 Å². The van der Waals surface area contributed by atoms with Crippen molar-refractivity contribution in [2.75, 3.05) is 0 Å². The van der Waals surface area contributed by atoms with Crippen molar-refractivity contribution in [3.05, 3.63) is 58.6 Å². The lowest BCUT2D eigenvalue weighted by Gasteiger charge is -2.07. The number of hydrogen-bond donors (Lipinski definition) is 1. The summed E-state index contributed by atoms with van der Waals surface area (Å²) in [7, 11) is 0. The fourth-order valence-electron chi connectivity index (χ4n) is 1.41. The molecule has 0 aliphatic rings. The molecule has 0 aliphatic carbocycles. The van der Waals surface area contributed by atoms with Crippen LogP contribution in [-0.4, -0.2) is 10.1 Å². The Labute approximate surface area is 109 Å². The Balaban J connectivity index is 2.04. The van der Waals surface area contributed by atoms with Crippen molar-refractivity contribution >= 4 is 11.6 Å². The summed E-state index contributed by atoms with van der Waals surface area (Å²) in [5, 5.41) is 8.91. The van der Waals surface area contributed by atoms with Crippen LogP contribution in [-0.2, 0) is 13.2 Å². The molecule has 0 saturated heterocycles. The van der Waals surface area contributed by atoms with E-state index in [0.29, 0.717) is 17.0 Å². The highest BCUT2D eigenvalue weighted by Crippen LogP contribution is 2.19. The Morgan fingerprint density at radius 2 is 2.11 bits per heavy atom. The van der Waals surface area contributed by atoms with Crippen LogP contribution in [0.4, 0.5) is 4.39 Å². The molecule has 3 nitrogen and oxygen atoms in total. The van der Waals surface area contributed by atoms with Gasteiger partial charge in [0.25, 0.3) is 0 Å². The number of aromatic nitrogens is 1. The molecule has 0 saturated carbocycles. The van der Waals surface area contributed by atoms with Crippen LogP contribution in [0.5, 0.6) is 5.75 Å². The van der Waals surface area contributed by atoms with Gasteiger partial charge in [0.1, 0.15) is 18.2 Å². The molecule has 1 heterocycles. The fourth-order valence-corrected chi connectivity index (χ4v) is 1.60. The number of benzene rings is 1. The molecule has 0 fully saturated rings. The van der Waals surface area contributed by atoms with Crippen molar-refractivity contribution in [1.29, 1.82) is 0 Å². The minimum absolute atomic E-state index is 0.0739. The standard InChI is InChI=1S/C13H11ClFNO2/c14-12-3-1-2-9(13(12)15)8-18-11-5-4-10(7-17)16-6-11/h1-6,17H,7-8H2. The molecule has 1 N–H and O–H groups in total. The van der Waals surface area contributed by atoms with Gasteiger partial charge in [0.15, 0.2) is 0 Å². The zero-order valence-corrected chi connectivity index (χ0v) is 10.2. The Kier molecular flexibility index (Phi) is 4.12. The average Bonchev–Trinajstić information content (AvgIpc) is 2.41. The van der Waals surface area contributed by atoms with Gasteiger partial charge in [-0.1, -0.05) is 23.7 Å². The van der Waals surface area contributed by atoms with Crippen LogP contribution in [0.25, 0.3) is 0 Å². The topological polar surface area (TPSA) is 42.4 Å². The normalized spacial score (nSPS) is 10.4. The summed E-state index contributed by atoms with van der Waals surface area (Å²) >= 11 is 5.66. The molecule has 0 atom stereocenters. The first-order valence-electron chi connectivity index (χ1n) is 5.32. The second-order valence-electron chi connectivity index (χ2n) is 3.64. The number of aliphatic hydroxyl groups excluding tert-OH is 1. The van der Waals surface area contributed by atoms with E-state index in [2.05, 4.69) is 4.98 Å². The predicted octanol–water partition coefficient (Wildman–Crippen LogP) is 2.95. The van der Waals surface area contributed by atoms with Gasteiger partial charge in [-0.2, -0.15) is 0 Å². The number of halogens is 2. The predicted molar refractivity (Wildman–Crippen MR) is 65.9 cm³/mol. The van der Waals surface area contributed by atoms with Crippen LogP contribution in [0.2, 0.25) is 5.02 Å². The first-order chi connectivity index (χ1) is 8.70. The van der Waals surface area contributed by atoms with Crippen molar-refractivity contribution in [1.82, 2.24) is 4.98 Å². The first kappa shape index (κ1) is 12.8. The first-order valence-corrected chi connectivity index (χ1v) is 5.70. The van der Waals surface area contributed by atoms with E-state index >= 15 is 0 Å². The number of hydrogen-bond acceptors (Lipinski definition) is 3. The highest BCUT2D eigenvalue weighted by atomic mass is 35.5. The minimum atomic E-state index is -0.473. The molecule has 0 unspecified atom stereocenters. The molecular weight excluding hydrogens is 257 g/mol. The van der Waals surface area contributed by atoms with Crippen molar-refractivity contribution < 1.29 is 14.2 Å². The monoisotopic (exact) mass is 267 g/mol. The maximum atomic E-state index is 13.6. The van der Waals surface area contributed by atoms with Crippen LogP contribution >= 0.6 is 11.6 Å². The molecule has 94 valence electrons. The largest absolute Gasteiger partial charge is 0.487 e. The number of pyridine rings is 1. The summed E-state index contributed by atoms with van der Waals surface area (Å²) in [4.78, 5) is 3.95. The molecule has 0 aliphatic heterocycles. The van der Waals surface area contributed by atoms with E-state index in [9.17, 15) is 4.39 Å². The highest BCUT2D eigenvalue weighted by molar-refractivity contribution is 6.30. The fraction of sp³-hybridized carbons (Fsp3) is 0.154. The SMILES string of the molecule is OCc1ccc(OCc2cccc(Cl)c2F)cn1. The number of nitrogens with zero attached hydrogens (tertiary/aromatic N) is 1. The summed E-state index contributed by atoms with van der Waals surface area (Å²) in [5.74, 6) is 0.0330. The van der Waals surface area contributed by atoms with Gasteiger partial charge in [0.2, 0.25) is 0 Å². The van der Waals surface area contributed by atoms with E-state index in [0.717, 1.165) is 0 Å². The molecule has 0 spiro atoms. The van der Waals surface area contributed by atoms with Crippen molar-refractivity contribution in [2.24, 2.45) is 0 Å². The average molecular weight is 268 g/mol. The smallest absolute Gasteiger partial charge is 0.148 e. The van der Waals surface area contributed by atoms with Crippen molar-refractivity contribution in [3.63, 3.8) is 0 Å². The lowest BCUT2D eigenvalue weighted by molar-refractivity contribution is 0.274. The van der Waals surface area contributed by atoms with E-state index in [1.54, 1.807) is 24.3 Å². The van der Waals surface area contributed by atoms with Gasteiger partial charge in [-0.3, -0.25) is 4.98 Å². The second kappa shape index (κ2) is 5.80. The molecule has 1 aromatic carbocycles. The Morgan fingerprint density at radius 1 is 1.28 bits per heavy atom. The molecule has 5 heteroatoms. The lowest BCUT2D eigenvalue weighted by atomic mass is 10.2.